The van der Waals surface area contributed by atoms with Crippen LogP contribution in [0.4, 0.5) is 5.69 Å². The van der Waals surface area contributed by atoms with Gasteiger partial charge in [0.15, 0.2) is 0 Å². The monoisotopic (exact) mass is 763 g/mol. The highest BCUT2D eigenvalue weighted by Gasteiger charge is 2.33. The van der Waals surface area contributed by atoms with Crippen molar-refractivity contribution < 1.29 is 52.9 Å². The van der Waals surface area contributed by atoms with Gasteiger partial charge in [-0.1, -0.05) is 32.6 Å². The molecule has 5 amide bonds. The molecule has 1 heterocycles. The third kappa shape index (κ3) is 14.1. The van der Waals surface area contributed by atoms with Gasteiger partial charge in [-0.25, -0.2) is 4.79 Å². The number of carboxylic acids is 1. The molecule has 0 saturated carbocycles. The number of ketones is 1. The van der Waals surface area contributed by atoms with E-state index in [0.717, 1.165) is 17.9 Å². The Morgan fingerprint density at radius 2 is 1.38 bits per heavy atom. The highest BCUT2D eigenvalue weighted by Crippen LogP contribution is 2.21. The van der Waals surface area contributed by atoms with Crippen LogP contribution in [-0.4, -0.2) is 75.7 Å². The fraction of sp³-hybridized carbons (Fsp3) is 0.368. The number of aliphatic carboxylic acids is 1. The van der Waals surface area contributed by atoms with Gasteiger partial charge in [-0.2, -0.15) is 0 Å². The van der Waals surface area contributed by atoms with Gasteiger partial charge < -0.3 is 46.0 Å². The van der Waals surface area contributed by atoms with Crippen molar-refractivity contribution >= 4 is 57.9 Å². The largest absolute Gasteiger partial charge is 0.513 e. The van der Waals surface area contributed by atoms with Crippen LogP contribution in [0.25, 0.3) is 11.0 Å². The smallest absolute Gasteiger partial charge is 0.336 e. The number of allylic oxidation sites excluding steroid dienone is 1. The number of anilines is 1. The lowest BCUT2D eigenvalue weighted by Gasteiger charge is -2.28. The molecular weight excluding hydrogens is 718 g/mol. The normalized spacial score (nSPS) is 13.0. The molecule has 4 atom stereocenters. The summed E-state index contributed by atoms with van der Waals surface area (Å²) >= 11 is 0. The highest BCUT2D eigenvalue weighted by atomic mass is 16.5. The van der Waals surface area contributed by atoms with Crippen molar-refractivity contribution in [3.63, 3.8) is 0 Å². The molecule has 0 aliphatic carbocycles. The molecule has 0 aliphatic heterocycles. The van der Waals surface area contributed by atoms with Gasteiger partial charge >= 0.3 is 11.6 Å². The standard InChI is InChI=1S/C38H45N5O12/c1-20(2)34(43-35(50)28(14-6-21(3)44)41-37(52)30(18-32(47)48)39-23(5)46)38(53)42-29(16-22(4)45)36(51)40-26-11-7-24(8-12-26)19-54-27-13-9-25-10-15-33(49)55-31(25)17-27/h7-13,15,17,20,28-30,34,44H,3,6,14,16,18-19H2,1-2,4-5H3,(H,39,46)(H,40,51)(H,41,52)(H,42,53)(H,43,50)(H,47,48)/t28-,29-,30-,34-/m0/s1. The summed E-state index contributed by atoms with van der Waals surface area (Å²) in [5.74, 6) is -6.31. The summed E-state index contributed by atoms with van der Waals surface area (Å²) in [6, 6.07) is 9.09. The maximum atomic E-state index is 13.5. The zero-order valence-corrected chi connectivity index (χ0v) is 30.8. The fourth-order valence-corrected chi connectivity index (χ4v) is 5.24. The lowest BCUT2D eigenvalue weighted by molar-refractivity contribution is -0.141. The van der Waals surface area contributed by atoms with E-state index in [1.807, 2.05) is 0 Å². The Morgan fingerprint density at radius 1 is 0.764 bits per heavy atom. The number of carboxylic acid groups (broad SMARTS) is 1. The first-order valence-electron chi connectivity index (χ1n) is 17.2. The second kappa shape index (κ2) is 20.1. The van der Waals surface area contributed by atoms with Crippen molar-refractivity contribution in [3.05, 3.63) is 82.9 Å². The molecule has 7 N–H and O–H groups in total. The van der Waals surface area contributed by atoms with E-state index in [4.69, 9.17) is 9.15 Å². The number of amides is 5. The molecule has 0 spiro atoms. The summed E-state index contributed by atoms with van der Waals surface area (Å²) in [5, 5.41) is 31.9. The molecule has 17 heteroatoms. The molecule has 0 bridgehead atoms. The van der Waals surface area contributed by atoms with Crippen LogP contribution in [0.5, 0.6) is 5.75 Å². The predicted octanol–water partition coefficient (Wildman–Crippen LogP) is 2.23. The summed E-state index contributed by atoms with van der Waals surface area (Å²) in [5.41, 5.74) is 0.982. The number of carbonyl (C=O) groups excluding carboxylic acids is 6. The van der Waals surface area contributed by atoms with Crippen LogP contribution >= 0.6 is 0 Å². The molecule has 0 saturated heterocycles. The third-order valence-electron chi connectivity index (χ3n) is 8.02. The molecule has 2 aromatic carbocycles. The van der Waals surface area contributed by atoms with E-state index in [2.05, 4.69) is 33.2 Å². The molecule has 294 valence electrons. The topological polar surface area (TPSA) is 260 Å². The first-order valence-corrected chi connectivity index (χ1v) is 17.2. The van der Waals surface area contributed by atoms with Crippen LogP contribution in [0.2, 0.25) is 0 Å². The Bertz CT molecular complexity index is 1960. The van der Waals surface area contributed by atoms with Gasteiger partial charge in [0.2, 0.25) is 29.5 Å². The lowest BCUT2D eigenvalue weighted by Crippen LogP contribution is -2.59. The van der Waals surface area contributed by atoms with Gasteiger partial charge in [-0.05, 0) is 55.2 Å². The highest BCUT2D eigenvalue weighted by molar-refractivity contribution is 6.01. The Morgan fingerprint density at radius 3 is 1.98 bits per heavy atom. The van der Waals surface area contributed by atoms with Crippen molar-refractivity contribution in [2.24, 2.45) is 5.92 Å². The maximum absolute atomic E-state index is 13.5. The van der Waals surface area contributed by atoms with Gasteiger partial charge in [0.25, 0.3) is 0 Å². The molecule has 0 radical (unpaired) electrons. The van der Waals surface area contributed by atoms with Gasteiger partial charge in [0.1, 0.15) is 47.9 Å². The Balaban J connectivity index is 1.68. The number of ether oxygens (including phenoxy) is 1. The first-order chi connectivity index (χ1) is 25.9. The van der Waals surface area contributed by atoms with E-state index in [0.29, 0.717) is 17.0 Å². The molecule has 3 rings (SSSR count). The van der Waals surface area contributed by atoms with Gasteiger partial charge in [-0.15, -0.1) is 0 Å². The van der Waals surface area contributed by atoms with E-state index in [9.17, 15) is 48.6 Å². The molecule has 0 unspecified atom stereocenters. The number of benzene rings is 2. The number of fused-ring (bicyclic) bond motifs is 1. The second-order valence-electron chi connectivity index (χ2n) is 13.1. The van der Waals surface area contributed by atoms with Crippen LogP contribution in [0.3, 0.4) is 0 Å². The number of carbonyl (C=O) groups is 7. The molecule has 0 fully saturated rings. The number of hydrogen-bond donors (Lipinski definition) is 7. The van der Waals surface area contributed by atoms with Crippen LogP contribution in [0.15, 0.2) is 76.1 Å². The predicted molar refractivity (Wildman–Crippen MR) is 199 cm³/mol. The number of nitrogens with one attached hydrogen (secondary N) is 5. The molecule has 55 heavy (non-hydrogen) atoms. The average molecular weight is 764 g/mol. The molecular formula is C38H45N5O12. The summed E-state index contributed by atoms with van der Waals surface area (Å²) < 4.78 is 11.0. The average Bonchev–Trinajstić information content (AvgIpc) is 3.10. The van der Waals surface area contributed by atoms with Gasteiger partial charge in [-0.3, -0.25) is 33.6 Å². The SMILES string of the molecule is C=C(O)CC[C@H](NC(=O)[C@H](CC(=O)O)NC(C)=O)C(=O)N[C@H](C(=O)N[C@@H](CC(C)=O)C(=O)Nc1ccc(COc2ccc3ccc(=O)oc3c2)cc1)C(C)C. The zero-order valence-electron chi connectivity index (χ0n) is 30.8. The molecule has 0 aliphatic rings. The van der Waals surface area contributed by atoms with E-state index < -0.39 is 83.4 Å². The number of aliphatic hydroxyl groups excluding tert-OH is 1. The van der Waals surface area contributed by atoms with Crippen LogP contribution in [-0.2, 0) is 40.2 Å². The fourth-order valence-electron chi connectivity index (χ4n) is 5.24. The minimum atomic E-state index is -1.52. The van der Waals surface area contributed by atoms with Crippen molar-refractivity contribution in [3.8, 4) is 5.75 Å². The van der Waals surface area contributed by atoms with Gasteiger partial charge in [0, 0.05) is 43.0 Å². The number of Topliss-reactive ketones (excluding diaryl/α,β-unsaturated/α-hetero) is 1. The Labute approximate surface area is 315 Å². The number of hydrogen-bond acceptors (Lipinski definition) is 11. The second-order valence-corrected chi connectivity index (χ2v) is 13.1. The van der Waals surface area contributed by atoms with Crippen LogP contribution in [0.1, 0.15) is 58.9 Å². The van der Waals surface area contributed by atoms with Crippen LogP contribution in [0, 0.1) is 5.92 Å². The third-order valence-corrected chi connectivity index (χ3v) is 8.02. The van der Waals surface area contributed by atoms with Crippen LogP contribution < -0.4 is 36.9 Å². The molecule has 17 nitrogen and oxygen atoms in total. The van der Waals surface area contributed by atoms with Gasteiger partial charge in [0.05, 0.1) is 12.2 Å². The number of aliphatic hydroxyl groups is 1. The van der Waals surface area contributed by atoms with E-state index in [1.165, 1.54) is 13.0 Å². The minimum Gasteiger partial charge on any atom is -0.513 e. The van der Waals surface area contributed by atoms with Crippen molar-refractivity contribution in [1.29, 1.82) is 0 Å². The minimum absolute atomic E-state index is 0.152. The Hall–Kier alpha value is -6.52. The molecule has 3 aromatic rings. The summed E-state index contributed by atoms with van der Waals surface area (Å²) in [7, 11) is 0. The molecule has 1 aromatic heterocycles. The van der Waals surface area contributed by atoms with E-state index >= 15 is 0 Å². The quantitative estimate of drug-likeness (QED) is 0.0646. The van der Waals surface area contributed by atoms with E-state index in [1.54, 1.807) is 62.4 Å². The van der Waals surface area contributed by atoms with Crippen molar-refractivity contribution in [2.45, 2.75) is 84.2 Å². The van der Waals surface area contributed by atoms with E-state index in [-0.39, 0.29) is 31.6 Å². The zero-order chi connectivity index (χ0) is 40.8. The Kier molecular flexibility index (Phi) is 15.7. The summed E-state index contributed by atoms with van der Waals surface area (Å²) in [4.78, 5) is 99.8. The van der Waals surface area contributed by atoms with Crippen molar-refractivity contribution in [1.82, 2.24) is 21.3 Å². The van der Waals surface area contributed by atoms with Crippen molar-refractivity contribution in [2.75, 3.05) is 5.32 Å². The maximum Gasteiger partial charge on any atom is 0.336 e. The number of rotatable bonds is 20. The summed E-state index contributed by atoms with van der Waals surface area (Å²) in [6.45, 7) is 9.06. The lowest BCUT2D eigenvalue weighted by atomic mass is 10.0. The first kappa shape index (κ1) is 42.9. The summed E-state index contributed by atoms with van der Waals surface area (Å²) in [6.07, 6.45) is -1.51.